The number of nitrogens with two attached hydrogens (primary N) is 2. The molecule has 0 amide bonds. The Morgan fingerprint density at radius 3 is 2.89 bits per heavy atom. The van der Waals surface area contributed by atoms with Crippen molar-refractivity contribution >= 4 is 13.0 Å². The summed E-state index contributed by atoms with van der Waals surface area (Å²) in [5.41, 5.74) is 13.4. The monoisotopic (exact) mass is 373 g/mol. The van der Waals surface area contributed by atoms with Crippen LogP contribution in [0.3, 0.4) is 0 Å². The lowest BCUT2D eigenvalue weighted by Gasteiger charge is -2.36. The zero-order chi connectivity index (χ0) is 19.6. The predicted molar refractivity (Wildman–Crippen MR) is 102 cm³/mol. The molecular formula is C17H24BN5O4. The molecule has 1 aromatic rings. The van der Waals surface area contributed by atoms with Crippen LogP contribution in [-0.2, 0) is 6.42 Å². The van der Waals surface area contributed by atoms with Gasteiger partial charge in [0.25, 0.3) is 0 Å². The number of benzene rings is 1. The van der Waals surface area contributed by atoms with Gasteiger partial charge in [0.1, 0.15) is 5.75 Å². The zero-order valence-corrected chi connectivity index (χ0v) is 15.0. The number of carboxylic acids is 1. The van der Waals surface area contributed by atoms with E-state index >= 15 is 0 Å². The van der Waals surface area contributed by atoms with Gasteiger partial charge in [-0.05, 0) is 24.5 Å². The Kier molecular flexibility index (Phi) is 5.78. The summed E-state index contributed by atoms with van der Waals surface area (Å²) in [6.45, 7) is 6.13. The van der Waals surface area contributed by atoms with Crippen LogP contribution >= 0.6 is 0 Å². The molecule has 10 heteroatoms. The maximum absolute atomic E-state index is 11.4. The second-order valence-corrected chi connectivity index (χ2v) is 7.12. The quantitative estimate of drug-likeness (QED) is 0.401. The van der Waals surface area contributed by atoms with Gasteiger partial charge in [-0.15, -0.1) is 0 Å². The van der Waals surface area contributed by atoms with Crippen LogP contribution in [-0.4, -0.2) is 60.7 Å². The van der Waals surface area contributed by atoms with E-state index in [2.05, 4.69) is 21.9 Å². The first-order valence-corrected chi connectivity index (χ1v) is 8.91. The minimum atomic E-state index is -1.10. The molecule has 6 N–H and O–H groups in total. The number of carboxylic acid groups (broad SMARTS) is 1. The number of hydrogen-bond acceptors (Lipinski definition) is 8. The second-order valence-electron chi connectivity index (χ2n) is 7.12. The summed E-state index contributed by atoms with van der Waals surface area (Å²) in [5, 5.41) is 15.5. The number of nitroso groups, excluding NO2 is 1. The lowest BCUT2D eigenvalue weighted by atomic mass is 9.68. The summed E-state index contributed by atoms with van der Waals surface area (Å²) in [6, 6.07) is 4.82. The number of hydrogen-bond donors (Lipinski definition) is 4. The van der Waals surface area contributed by atoms with Crippen molar-refractivity contribution in [3.05, 3.63) is 46.5 Å². The van der Waals surface area contributed by atoms with Gasteiger partial charge in [0.15, 0.2) is 0 Å². The van der Waals surface area contributed by atoms with Crippen LogP contribution in [0.25, 0.3) is 0 Å². The van der Waals surface area contributed by atoms with Crippen LogP contribution in [0, 0.1) is 4.91 Å². The summed E-state index contributed by atoms with van der Waals surface area (Å²) in [4.78, 5) is 24.8. The molecular weight excluding hydrogens is 349 g/mol. The Balaban J connectivity index is 1.66. The van der Waals surface area contributed by atoms with Crippen molar-refractivity contribution in [2.45, 2.75) is 30.9 Å². The average Bonchev–Trinajstić information content (AvgIpc) is 2.63. The molecule has 0 saturated carbocycles. The molecule has 27 heavy (non-hydrogen) atoms. The van der Waals surface area contributed by atoms with Crippen LogP contribution in [0.15, 0.2) is 35.6 Å². The Morgan fingerprint density at radius 2 is 2.22 bits per heavy atom. The maximum Gasteiger partial charge on any atom is 0.570 e. The number of carbonyl (C=O) groups is 1. The fourth-order valence-corrected chi connectivity index (χ4v) is 3.60. The maximum atomic E-state index is 11.4. The number of aromatic carboxylic acids is 1. The fraction of sp³-hybridized carbons (Fsp3) is 0.471. The smallest absolute Gasteiger partial charge is 0.536 e. The van der Waals surface area contributed by atoms with E-state index in [1.54, 1.807) is 12.1 Å². The van der Waals surface area contributed by atoms with E-state index in [4.69, 9.17) is 16.1 Å². The van der Waals surface area contributed by atoms with Gasteiger partial charge < -0.3 is 26.5 Å². The van der Waals surface area contributed by atoms with Crippen LogP contribution in [0.2, 0.25) is 0 Å². The lowest BCUT2D eigenvalue weighted by molar-refractivity contribution is 0.0694. The van der Waals surface area contributed by atoms with E-state index in [1.165, 1.54) is 6.07 Å². The van der Waals surface area contributed by atoms with Gasteiger partial charge in [-0.25, -0.2) is 4.79 Å². The lowest BCUT2D eigenvalue weighted by Crippen LogP contribution is -2.56. The highest BCUT2D eigenvalue weighted by atomic mass is 16.5. The van der Waals surface area contributed by atoms with Crippen molar-refractivity contribution in [3.8, 4) is 5.75 Å². The molecule has 1 aromatic carbocycles. The van der Waals surface area contributed by atoms with Crippen molar-refractivity contribution in [3.63, 3.8) is 0 Å². The van der Waals surface area contributed by atoms with E-state index < -0.39 is 19.0 Å². The van der Waals surface area contributed by atoms with Crippen molar-refractivity contribution in [2.75, 3.05) is 19.6 Å². The van der Waals surface area contributed by atoms with E-state index in [1.807, 2.05) is 0 Å². The molecule has 0 bridgehead atoms. The molecule has 3 rings (SSSR count). The number of nitrogens with zero attached hydrogens (tertiary/aromatic N) is 2. The molecule has 2 aliphatic rings. The molecule has 3 atom stereocenters. The Hall–Kier alpha value is -2.43. The van der Waals surface area contributed by atoms with E-state index in [9.17, 15) is 14.8 Å². The third-order valence-electron chi connectivity index (χ3n) is 5.06. The molecule has 0 spiro atoms. The highest BCUT2D eigenvalue weighted by Gasteiger charge is 2.40. The molecule has 1 saturated heterocycles. The van der Waals surface area contributed by atoms with Crippen LogP contribution in [0.5, 0.6) is 5.75 Å². The van der Waals surface area contributed by atoms with Crippen LogP contribution in [0.4, 0.5) is 0 Å². The molecule has 2 aliphatic heterocycles. The molecule has 0 radical (unpaired) electrons. The summed E-state index contributed by atoms with van der Waals surface area (Å²) in [6.07, 6.45) is 1.24. The highest BCUT2D eigenvalue weighted by molar-refractivity contribution is 6.53. The topological polar surface area (TPSA) is 143 Å². The molecule has 2 heterocycles. The number of piperidine rings is 1. The van der Waals surface area contributed by atoms with Gasteiger partial charge >= 0.3 is 13.0 Å². The number of likely N-dealkylation sites (tertiary alicyclic amines) is 1. The normalized spacial score (nSPS) is 25.3. The molecule has 0 aliphatic carbocycles. The number of para-hydroxylation sites is 1. The van der Waals surface area contributed by atoms with E-state index in [-0.39, 0.29) is 23.4 Å². The van der Waals surface area contributed by atoms with Crippen LogP contribution in [0.1, 0.15) is 22.3 Å². The zero-order valence-electron chi connectivity index (χ0n) is 15.0. The van der Waals surface area contributed by atoms with Gasteiger partial charge in [-0.1, -0.05) is 23.8 Å². The van der Waals surface area contributed by atoms with Crippen molar-refractivity contribution in [1.29, 1.82) is 0 Å². The van der Waals surface area contributed by atoms with Gasteiger partial charge in [-0.2, -0.15) is 4.91 Å². The fourth-order valence-electron chi connectivity index (χ4n) is 3.60. The SMILES string of the molecule is C=C(CN1CCC(N)C(N)C1)NC1Cc2cccc(C(=O)O)c2OB1N=O. The Morgan fingerprint density at radius 1 is 1.44 bits per heavy atom. The summed E-state index contributed by atoms with van der Waals surface area (Å²) >= 11 is 0. The minimum Gasteiger partial charge on any atom is -0.536 e. The molecule has 3 unspecified atom stereocenters. The van der Waals surface area contributed by atoms with E-state index in [0.29, 0.717) is 25.1 Å². The number of nitrogens with one attached hydrogen (secondary N) is 1. The highest BCUT2D eigenvalue weighted by Crippen LogP contribution is 2.31. The number of fused-ring (bicyclic) bond motifs is 1. The second kappa shape index (κ2) is 8.07. The Bertz CT molecular complexity index is 746. The van der Waals surface area contributed by atoms with Gasteiger partial charge in [-0.3, -0.25) is 4.90 Å². The standard InChI is InChI=1S/C17H24BN5O4/c1-10(8-23-6-5-13(19)14(20)9-23)21-15-7-11-3-2-4-12(17(24)25)16(11)27-18(15)22-26/h2-4,13-15,21H,1,5-9,19-20H2,(H,24,25). The predicted octanol–water partition coefficient (Wildman–Crippen LogP) is -0.0543. The summed E-state index contributed by atoms with van der Waals surface area (Å²) < 4.78 is 5.59. The van der Waals surface area contributed by atoms with Crippen LogP contribution < -0.4 is 21.4 Å². The van der Waals surface area contributed by atoms with Crippen molar-refractivity contribution in [1.82, 2.24) is 10.2 Å². The van der Waals surface area contributed by atoms with Crippen molar-refractivity contribution in [2.24, 2.45) is 16.6 Å². The molecule has 1 fully saturated rings. The summed E-state index contributed by atoms with van der Waals surface area (Å²) in [7, 11) is -1.04. The third kappa shape index (κ3) is 4.29. The van der Waals surface area contributed by atoms with Crippen molar-refractivity contribution < 1.29 is 14.6 Å². The molecule has 0 aromatic heterocycles. The van der Waals surface area contributed by atoms with E-state index in [0.717, 1.165) is 18.7 Å². The first-order chi connectivity index (χ1) is 12.9. The Labute approximate surface area is 157 Å². The number of rotatable bonds is 6. The third-order valence-corrected chi connectivity index (χ3v) is 5.06. The van der Waals surface area contributed by atoms with Gasteiger partial charge in [0.05, 0.1) is 11.5 Å². The van der Waals surface area contributed by atoms with Gasteiger partial charge in [0, 0.05) is 37.4 Å². The molecule has 9 nitrogen and oxygen atoms in total. The first-order valence-electron chi connectivity index (χ1n) is 8.91. The largest absolute Gasteiger partial charge is 0.570 e. The van der Waals surface area contributed by atoms with Gasteiger partial charge in [0.2, 0.25) is 0 Å². The summed E-state index contributed by atoms with van der Waals surface area (Å²) in [5.74, 6) is -1.33. The molecule has 144 valence electrons. The first kappa shape index (κ1) is 19.3. The average molecular weight is 373 g/mol. The minimum absolute atomic E-state index is 0.0118.